The van der Waals surface area contributed by atoms with Gasteiger partial charge >= 0.3 is 0 Å². The molecule has 0 spiro atoms. The van der Waals surface area contributed by atoms with E-state index in [0.29, 0.717) is 6.54 Å². The minimum atomic E-state index is -0.00611. The number of thiazole rings is 1. The molecule has 12 heavy (non-hydrogen) atoms. The van der Waals surface area contributed by atoms with E-state index in [0.717, 1.165) is 4.88 Å². The molecule has 1 heterocycles. The molecule has 0 saturated heterocycles. The molecule has 1 rings (SSSR count). The maximum atomic E-state index is 10.4. The Bertz CT molecular complexity index is 209. The molecule has 0 atom stereocenters. The van der Waals surface area contributed by atoms with E-state index in [1.165, 1.54) is 18.3 Å². The van der Waals surface area contributed by atoms with Gasteiger partial charge in [-0.2, -0.15) is 0 Å². The number of nitrogens with zero attached hydrogens (tertiary/aromatic N) is 1. The Kier molecular flexibility index (Phi) is 6.28. The summed E-state index contributed by atoms with van der Waals surface area (Å²) in [5, 5.41) is 2.68. The average Bonchev–Trinajstić information content (AvgIpc) is 2.56. The fraction of sp³-hybridized carbons (Fsp3) is 0.500. The number of aromatic nitrogens is 1. The number of nitrogens with one attached hydrogen (secondary N) is 1. The molecule has 1 N–H and O–H groups in total. The topological polar surface area (TPSA) is 42.0 Å². The summed E-state index contributed by atoms with van der Waals surface area (Å²) in [5.74, 6) is -0.00611. The van der Waals surface area contributed by atoms with Crippen LogP contribution >= 0.6 is 11.3 Å². The van der Waals surface area contributed by atoms with Crippen molar-refractivity contribution in [3.8, 4) is 0 Å². The average molecular weight is 186 g/mol. The van der Waals surface area contributed by atoms with E-state index in [9.17, 15) is 4.79 Å². The third-order valence-electron chi connectivity index (χ3n) is 0.995. The van der Waals surface area contributed by atoms with Crippen molar-refractivity contribution in [1.29, 1.82) is 0 Å². The number of carbonyl (C=O) groups is 1. The van der Waals surface area contributed by atoms with Gasteiger partial charge in [0, 0.05) is 18.0 Å². The third-order valence-corrected chi connectivity index (χ3v) is 1.77. The lowest BCUT2D eigenvalue weighted by Gasteiger charge is -1.95. The highest BCUT2D eigenvalue weighted by atomic mass is 32.1. The second kappa shape index (κ2) is 6.79. The molecular weight excluding hydrogens is 172 g/mol. The maximum Gasteiger partial charge on any atom is 0.217 e. The Morgan fingerprint density at radius 2 is 2.33 bits per heavy atom. The van der Waals surface area contributed by atoms with Gasteiger partial charge < -0.3 is 5.32 Å². The summed E-state index contributed by atoms with van der Waals surface area (Å²) in [6, 6.07) is 0. The zero-order chi connectivity index (χ0) is 9.40. The van der Waals surface area contributed by atoms with Crippen LogP contribution in [0.2, 0.25) is 0 Å². The summed E-state index contributed by atoms with van der Waals surface area (Å²) in [7, 11) is 0. The van der Waals surface area contributed by atoms with E-state index in [4.69, 9.17) is 0 Å². The van der Waals surface area contributed by atoms with Gasteiger partial charge in [0.25, 0.3) is 0 Å². The monoisotopic (exact) mass is 186 g/mol. The van der Waals surface area contributed by atoms with Crippen LogP contribution < -0.4 is 5.32 Å². The molecule has 1 aromatic heterocycles. The van der Waals surface area contributed by atoms with Gasteiger partial charge in [-0.25, -0.2) is 0 Å². The smallest absolute Gasteiger partial charge is 0.217 e. The highest BCUT2D eigenvalue weighted by molar-refractivity contribution is 7.09. The van der Waals surface area contributed by atoms with E-state index in [-0.39, 0.29) is 5.91 Å². The van der Waals surface area contributed by atoms with Crippen LogP contribution in [0.15, 0.2) is 11.7 Å². The molecule has 0 aliphatic heterocycles. The standard InChI is InChI=1S/C6H8N2OS.C2H6/c1-5(9)8-3-6-2-7-4-10-6;1-2/h2,4H,3H2,1H3,(H,8,9);1-2H3. The normalized spacial score (nSPS) is 8.25. The van der Waals surface area contributed by atoms with Crippen LogP contribution in [0.5, 0.6) is 0 Å². The highest BCUT2D eigenvalue weighted by Crippen LogP contribution is 2.03. The Morgan fingerprint density at radius 3 is 2.75 bits per heavy atom. The van der Waals surface area contributed by atoms with Gasteiger partial charge in [0.2, 0.25) is 5.91 Å². The predicted octanol–water partition coefficient (Wildman–Crippen LogP) is 1.81. The first-order valence-corrected chi connectivity index (χ1v) is 4.79. The summed E-state index contributed by atoms with van der Waals surface area (Å²) in [6.45, 7) is 6.10. The molecule has 0 saturated carbocycles. The van der Waals surface area contributed by atoms with Crippen molar-refractivity contribution in [1.82, 2.24) is 10.3 Å². The summed E-state index contributed by atoms with van der Waals surface area (Å²) in [4.78, 5) is 15.4. The van der Waals surface area contributed by atoms with Crippen molar-refractivity contribution < 1.29 is 4.79 Å². The van der Waals surface area contributed by atoms with Gasteiger partial charge in [-0.05, 0) is 0 Å². The summed E-state index contributed by atoms with van der Waals surface area (Å²) in [6.07, 6.45) is 1.75. The Balaban J connectivity index is 0.000000561. The van der Waals surface area contributed by atoms with Crippen LogP contribution in [0.25, 0.3) is 0 Å². The highest BCUT2D eigenvalue weighted by Gasteiger charge is 1.93. The van der Waals surface area contributed by atoms with E-state index < -0.39 is 0 Å². The molecule has 0 unspecified atom stereocenters. The zero-order valence-electron chi connectivity index (χ0n) is 7.63. The Labute approximate surface area is 76.8 Å². The SMILES string of the molecule is CC.CC(=O)NCc1cncs1. The van der Waals surface area contributed by atoms with Crippen molar-refractivity contribution in [2.75, 3.05) is 0 Å². The summed E-state index contributed by atoms with van der Waals surface area (Å²) >= 11 is 1.54. The van der Waals surface area contributed by atoms with E-state index in [2.05, 4.69) is 10.3 Å². The van der Waals surface area contributed by atoms with Gasteiger partial charge in [-0.3, -0.25) is 9.78 Å². The number of rotatable bonds is 2. The molecular formula is C8H14N2OS. The van der Waals surface area contributed by atoms with Crippen LogP contribution in [0.1, 0.15) is 25.6 Å². The number of hydrogen-bond donors (Lipinski definition) is 1. The first kappa shape index (κ1) is 11.1. The second-order valence-corrected chi connectivity index (χ2v) is 2.85. The first-order chi connectivity index (χ1) is 5.79. The quantitative estimate of drug-likeness (QED) is 0.765. The summed E-state index contributed by atoms with van der Waals surface area (Å²) in [5.41, 5.74) is 1.75. The molecule has 3 nitrogen and oxygen atoms in total. The lowest BCUT2D eigenvalue weighted by atomic mass is 10.5. The molecule has 4 heteroatoms. The second-order valence-electron chi connectivity index (χ2n) is 1.88. The third kappa shape index (κ3) is 4.85. The van der Waals surface area contributed by atoms with Crippen LogP contribution in [-0.2, 0) is 11.3 Å². The van der Waals surface area contributed by atoms with Gasteiger partial charge in [-0.15, -0.1) is 11.3 Å². The Hall–Kier alpha value is -0.900. The molecule has 0 aliphatic carbocycles. The molecule has 0 aromatic carbocycles. The first-order valence-electron chi connectivity index (χ1n) is 3.91. The van der Waals surface area contributed by atoms with Gasteiger partial charge in [-0.1, -0.05) is 13.8 Å². The van der Waals surface area contributed by atoms with Crippen LogP contribution in [0.3, 0.4) is 0 Å². The largest absolute Gasteiger partial charge is 0.351 e. The molecule has 0 radical (unpaired) electrons. The molecule has 0 bridgehead atoms. The fourth-order valence-corrected chi connectivity index (χ4v) is 1.08. The van der Waals surface area contributed by atoms with Crippen molar-refractivity contribution in [3.05, 3.63) is 16.6 Å². The molecule has 0 fully saturated rings. The maximum absolute atomic E-state index is 10.4. The minimum Gasteiger partial charge on any atom is -0.351 e. The van der Waals surface area contributed by atoms with E-state index >= 15 is 0 Å². The Morgan fingerprint density at radius 1 is 1.67 bits per heavy atom. The molecule has 1 aromatic rings. The fourth-order valence-electron chi connectivity index (χ4n) is 0.541. The van der Waals surface area contributed by atoms with Crippen molar-refractivity contribution in [2.24, 2.45) is 0 Å². The number of hydrogen-bond acceptors (Lipinski definition) is 3. The van der Waals surface area contributed by atoms with Gasteiger partial charge in [0.05, 0.1) is 12.1 Å². The molecule has 1 amide bonds. The minimum absolute atomic E-state index is 0.00611. The van der Waals surface area contributed by atoms with Gasteiger partial charge in [0.15, 0.2) is 0 Å². The number of carbonyl (C=O) groups excluding carboxylic acids is 1. The van der Waals surface area contributed by atoms with Gasteiger partial charge in [0.1, 0.15) is 0 Å². The zero-order valence-corrected chi connectivity index (χ0v) is 8.44. The molecule has 0 aliphatic rings. The van der Waals surface area contributed by atoms with Crippen LogP contribution in [0, 0.1) is 0 Å². The molecule has 68 valence electrons. The van der Waals surface area contributed by atoms with Crippen molar-refractivity contribution >= 4 is 17.2 Å². The number of amides is 1. The van der Waals surface area contributed by atoms with E-state index in [1.54, 1.807) is 11.7 Å². The van der Waals surface area contributed by atoms with Crippen molar-refractivity contribution in [2.45, 2.75) is 27.3 Å². The van der Waals surface area contributed by atoms with E-state index in [1.807, 2.05) is 13.8 Å². The summed E-state index contributed by atoms with van der Waals surface area (Å²) < 4.78 is 0. The lowest BCUT2D eigenvalue weighted by molar-refractivity contribution is -0.119. The van der Waals surface area contributed by atoms with Crippen LogP contribution in [-0.4, -0.2) is 10.9 Å². The predicted molar refractivity (Wildman–Crippen MR) is 51.0 cm³/mol. The van der Waals surface area contributed by atoms with Crippen molar-refractivity contribution in [3.63, 3.8) is 0 Å². The lowest BCUT2D eigenvalue weighted by Crippen LogP contribution is -2.18. The van der Waals surface area contributed by atoms with Crippen LogP contribution in [0.4, 0.5) is 0 Å².